The smallest absolute Gasteiger partial charge is 0.325 e. The van der Waals surface area contributed by atoms with Gasteiger partial charge in [-0.05, 0) is 37.5 Å². The van der Waals surface area contributed by atoms with Crippen LogP contribution < -0.4 is 16.0 Å². The molecule has 0 radical (unpaired) electrons. The topological polar surface area (TPSA) is 128 Å². The lowest BCUT2D eigenvalue weighted by atomic mass is 9.82. The van der Waals surface area contributed by atoms with Crippen LogP contribution in [0.5, 0.6) is 5.75 Å². The molecular formula is C21H28N4O5. The lowest BCUT2D eigenvalue weighted by Gasteiger charge is -2.30. The normalized spacial score (nSPS) is 17.7. The molecule has 2 fully saturated rings. The van der Waals surface area contributed by atoms with E-state index in [1.165, 1.54) is 12.1 Å². The van der Waals surface area contributed by atoms with Gasteiger partial charge in [0, 0.05) is 31.6 Å². The molecule has 162 valence electrons. The minimum Gasteiger partial charge on any atom is -0.508 e. The monoisotopic (exact) mass is 416 g/mol. The molecule has 3 rings (SSSR count). The molecule has 1 aliphatic carbocycles. The van der Waals surface area contributed by atoms with E-state index in [0.717, 1.165) is 24.2 Å². The molecular weight excluding hydrogens is 388 g/mol. The molecule has 1 aliphatic heterocycles. The average molecular weight is 416 g/mol. The van der Waals surface area contributed by atoms with E-state index >= 15 is 0 Å². The Morgan fingerprint density at radius 1 is 1.10 bits per heavy atom. The lowest BCUT2D eigenvalue weighted by Crippen LogP contribution is -2.48. The minimum absolute atomic E-state index is 0.0227. The molecule has 30 heavy (non-hydrogen) atoms. The van der Waals surface area contributed by atoms with Crippen molar-refractivity contribution in [2.45, 2.75) is 50.5 Å². The third kappa shape index (κ3) is 5.08. The second-order valence-corrected chi connectivity index (χ2v) is 7.79. The first-order valence-corrected chi connectivity index (χ1v) is 10.4. The Bertz CT molecular complexity index is 819. The highest BCUT2D eigenvalue weighted by molar-refractivity contribution is 6.07. The fraction of sp³-hybridized carbons (Fsp3) is 0.524. The number of imide groups is 1. The van der Waals surface area contributed by atoms with E-state index in [1.54, 1.807) is 12.1 Å². The quantitative estimate of drug-likeness (QED) is 0.375. The molecule has 5 amide bonds. The number of hydrogen-bond acceptors (Lipinski definition) is 5. The predicted molar refractivity (Wildman–Crippen MR) is 109 cm³/mol. The van der Waals surface area contributed by atoms with Crippen molar-refractivity contribution in [2.75, 3.05) is 19.6 Å². The van der Waals surface area contributed by atoms with Crippen LogP contribution in [0.1, 0.15) is 55.3 Å². The van der Waals surface area contributed by atoms with Crippen LogP contribution in [0.15, 0.2) is 24.3 Å². The summed E-state index contributed by atoms with van der Waals surface area (Å²) in [6.45, 7) is 0.792. The SMILES string of the molecule is O=C(CCN1C(=O)NC2(CCCCC2)C1=O)NCCCNC(=O)c1cccc(O)c1. The summed E-state index contributed by atoms with van der Waals surface area (Å²) in [6, 6.07) is 5.64. The molecule has 2 aliphatic rings. The minimum atomic E-state index is -0.764. The van der Waals surface area contributed by atoms with Crippen LogP contribution in [-0.2, 0) is 9.59 Å². The predicted octanol–water partition coefficient (Wildman–Crippen LogP) is 1.27. The number of nitrogens with zero attached hydrogens (tertiary/aromatic N) is 1. The van der Waals surface area contributed by atoms with Gasteiger partial charge in [0.05, 0.1) is 0 Å². The van der Waals surface area contributed by atoms with Crippen LogP contribution in [-0.4, -0.2) is 58.9 Å². The second kappa shape index (κ2) is 9.60. The lowest BCUT2D eigenvalue weighted by molar-refractivity contribution is -0.132. The average Bonchev–Trinajstić information content (AvgIpc) is 2.95. The number of urea groups is 1. The first kappa shape index (κ1) is 21.6. The number of nitrogens with one attached hydrogen (secondary N) is 3. The molecule has 1 saturated heterocycles. The summed E-state index contributed by atoms with van der Waals surface area (Å²) < 4.78 is 0. The first-order valence-electron chi connectivity index (χ1n) is 10.4. The maximum Gasteiger partial charge on any atom is 0.325 e. The summed E-state index contributed by atoms with van der Waals surface area (Å²) in [5.41, 5.74) is -0.400. The second-order valence-electron chi connectivity index (χ2n) is 7.79. The van der Waals surface area contributed by atoms with Crippen LogP contribution in [0.3, 0.4) is 0 Å². The molecule has 0 atom stereocenters. The van der Waals surface area contributed by atoms with Crippen LogP contribution >= 0.6 is 0 Å². The largest absolute Gasteiger partial charge is 0.508 e. The number of aromatic hydroxyl groups is 1. The molecule has 1 saturated carbocycles. The van der Waals surface area contributed by atoms with Crippen LogP contribution in [0.25, 0.3) is 0 Å². The Morgan fingerprint density at radius 2 is 1.83 bits per heavy atom. The van der Waals surface area contributed by atoms with Gasteiger partial charge in [-0.3, -0.25) is 19.3 Å². The van der Waals surface area contributed by atoms with Crippen LogP contribution in [0, 0.1) is 0 Å². The van der Waals surface area contributed by atoms with Crippen molar-refractivity contribution in [3.63, 3.8) is 0 Å². The Morgan fingerprint density at radius 3 is 2.57 bits per heavy atom. The third-order valence-corrected chi connectivity index (χ3v) is 5.59. The molecule has 1 aromatic carbocycles. The molecule has 0 aromatic heterocycles. The highest BCUT2D eigenvalue weighted by Gasteiger charge is 2.50. The number of benzene rings is 1. The van der Waals surface area contributed by atoms with Crippen molar-refractivity contribution in [3.8, 4) is 5.75 Å². The van der Waals surface area contributed by atoms with Gasteiger partial charge in [-0.15, -0.1) is 0 Å². The summed E-state index contributed by atoms with van der Waals surface area (Å²) in [4.78, 5) is 50.0. The van der Waals surface area contributed by atoms with Crippen molar-refractivity contribution in [3.05, 3.63) is 29.8 Å². The summed E-state index contributed by atoms with van der Waals surface area (Å²) in [5.74, 6) is -0.740. The van der Waals surface area contributed by atoms with E-state index in [-0.39, 0.29) is 36.4 Å². The number of rotatable bonds is 8. The zero-order valence-corrected chi connectivity index (χ0v) is 16.9. The van der Waals surface area contributed by atoms with Gasteiger partial charge in [0.15, 0.2) is 0 Å². The zero-order chi connectivity index (χ0) is 21.6. The van der Waals surface area contributed by atoms with E-state index in [4.69, 9.17) is 0 Å². The number of carbonyl (C=O) groups is 4. The molecule has 1 aromatic rings. The Hall–Kier alpha value is -3.10. The molecule has 4 N–H and O–H groups in total. The number of carbonyl (C=O) groups excluding carboxylic acids is 4. The van der Waals surface area contributed by atoms with Crippen molar-refractivity contribution < 1.29 is 24.3 Å². The van der Waals surface area contributed by atoms with Gasteiger partial charge >= 0.3 is 6.03 Å². The van der Waals surface area contributed by atoms with Gasteiger partial charge in [0.1, 0.15) is 11.3 Å². The maximum atomic E-state index is 12.7. The van der Waals surface area contributed by atoms with Gasteiger partial charge in [0.25, 0.3) is 11.8 Å². The fourth-order valence-electron chi connectivity index (χ4n) is 3.94. The fourth-order valence-corrected chi connectivity index (χ4v) is 3.94. The summed E-state index contributed by atoms with van der Waals surface area (Å²) in [6.07, 6.45) is 4.81. The Balaban J connectivity index is 1.33. The third-order valence-electron chi connectivity index (χ3n) is 5.59. The van der Waals surface area contributed by atoms with Gasteiger partial charge in [0.2, 0.25) is 5.91 Å². The molecule has 0 unspecified atom stereocenters. The van der Waals surface area contributed by atoms with Gasteiger partial charge in [-0.1, -0.05) is 25.3 Å². The van der Waals surface area contributed by atoms with E-state index in [1.807, 2.05) is 0 Å². The molecule has 9 heteroatoms. The van der Waals surface area contributed by atoms with E-state index < -0.39 is 11.6 Å². The number of amides is 5. The molecule has 1 heterocycles. The van der Waals surface area contributed by atoms with Crippen molar-refractivity contribution in [1.29, 1.82) is 0 Å². The van der Waals surface area contributed by atoms with Crippen molar-refractivity contribution in [2.24, 2.45) is 0 Å². The molecule has 1 spiro atoms. The van der Waals surface area contributed by atoms with Crippen LogP contribution in [0.4, 0.5) is 4.79 Å². The highest BCUT2D eigenvalue weighted by atomic mass is 16.3. The summed E-state index contributed by atoms with van der Waals surface area (Å²) in [5, 5.41) is 17.7. The van der Waals surface area contributed by atoms with Gasteiger partial charge < -0.3 is 21.1 Å². The standard InChI is InChI=1S/C21H28N4O5/c26-16-7-4-6-15(14-16)18(28)23-12-5-11-22-17(27)8-13-25-19(29)21(24-20(25)30)9-2-1-3-10-21/h4,6-7,14,26H,1-3,5,8-13H2,(H,22,27)(H,23,28)(H,24,30). The van der Waals surface area contributed by atoms with E-state index in [9.17, 15) is 24.3 Å². The first-order chi connectivity index (χ1) is 14.4. The zero-order valence-electron chi connectivity index (χ0n) is 16.9. The van der Waals surface area contributed by atoms with Crippen molar-refractivity contribution >= 4 is 23.8 Å². The Kier molecular flexibility index (Phi) is 6.91. The summed E-state index contributed by atoms with van der Waals surface area (Å²) >= 11 is 0. The van der Waals surface area contributed by atoms with E-state index in [0.29, 0.717) is 37.9 Å². The maximum absolute atomic E-state index is 12.7. The van der Waals surface area contributed by atoms with E-state index in [2.05, 4.69) is 16.0 Å². The molecule has 0 bridgehead atoms. The number of phenols is 1. The summed E-state index contributed by atoms with van der Waals surface area (Å²) in [7, 11) is 0. The highest BCUT2D eigenvalue weighted by Crippen LogP contribution is 2.33. The van der Waals surface area contributed by atoms with Crippen LogP contribution in [0.2, 0.25) is 0 Å². The number of phenolic OH excluding ortho intramolecular Hbond substituents is 1. The number of hydrogen-bond donors (Lipinski definition) is 4. The van der Waals surface area contributed by atoms with Gasteiger partial charge in [-0.25, -0.2) is 4.79 Å². The van der Waals surface area contributed by atoms with Gasteiger partial charge in [-0.2, -0.15) is 0 Å². The molecule has 9 nitrogen and oxygen atoms in total. The van der Waals surface area contributed by atoms with Crippen molar-refractivity contribution in [1.82, 2.24) is 20.9 Å². The Labute approximate surface area is 175 Å².